The van der Waals surface area contributed by atoms with E-state index in [0.717, 1.165) is 99.0 Å². The molecule has 0 bridgehead atoms. The number of hydrogen-bond acceptors (Lipinski definition) is 13. The highest BCUT2D eigenvalue weighted by atomic mass is 32.2. The van der Waals surface area contributed by atoms with Crippen molar-refractivity contribution in [1.82, 2.24) is 34.8 Å². The molecule has 13 nitrogen and oxygen atoms in total. The number of thiophene rings is 2. The van der Waals surface area contributed by atoms with E-state index in [9.17, 15) is 4.21 Å². The van der Waals surface area contributed by atoms with Crippen LogP contribution in [-0.2, 0) is 34.4 Å². The lowest BCUT2D eigenvalue weighted by Crippen LogP contribution is -2.28. The third kappa shape index (κ3) is 7.65. The van der Waals surface area contributed by atoms with Gasteiger partial charge in [0, 0.05) is 58.7 Å². The molecule has 9 aromatic rings. The fourth-order valence-corrected chi connectivity index (χ4v) is 12.2. The zero-order chi connectivity index (χ0) is 40.9. The first kappa shape index (κ1) is 38.9. The van der Waals surface area contributed by atoms with Crippen LogP contribution in [0.3, 0.4) is 0 Å². The van der Waals surface area contributed by atoms with Gasteiger partial charge >= 0.3 is 0 Å². The van der Waals surface area contributed by atoms with Gasteiger partial charge in [0.1, 0.15) is 13.9 Å². The van der Waals surface area contributed by atoms with Gasteiger partial charge in [0.05, 0.1) is 75.3 Å². The van der Waals surface area contributed by atoms with Crippen molar-refractivity contribution in [2.45, 2.75) is 27.2 Å². The number of nitrogens with two attached hydrogens (primary N) is 2. The normalized spacial score (nSPS) is 13.7. The Balaban J connectivity index is 0.744. The molecule has 0 radical (unpaired) electrons. The van der Waals surface area contributed by atoms with Crippen LogP contribution in [0.15, 0.2) is 87.8 Å². The Labute approximate surface area is 359 Å². The monoisotopic (exact) mass is 873 g/mol. The number of nitrogens with one attached hydrogen (secondary N) is 1. The number of aryl methyl sites for hydroxylation is 2. The number of pyridine rings is 4. The number of nitrogen functional groups attached to an aromatic ring is 2. The standard InChI is InChI=1S/C43H40N10O3S4/c1-52-22-28-16-26(20-46-38(28)50-52)32-18-30(24-6-4-3-5-7-24)34-36(44)42(58-40(34)48-32)57-14-12-55-10-11-56-13-15-60(54)43-37(45)35-31(25-8-9-25)19-33(49-41(35)59-43)27-17-29-23-53(2)51-39(29)47-21-27/h3-7,16-23,25H,8-15,44-45H2,1-2H3/p+1. The second-order valence-corrected chi connectivity index (χ2v) is 20.0. The Kier molecular flexibility index (Phi) is 10.6. The number of ether oxygens (including phenoxy) is 2. The van der Waals surface area contributed by atoms with E-state index in [2.05, 4.69) is 56.6 Å². The van der Waals surface area contributed by atoms with Crippen LogP contribution in [0.5, 0.6) is 0 Å². The third-order valence-corrected chi connectivity index (χ3v) is 15.7. The molecule has 1 fully saturated rings. The summed E-state index contributed by atoms with van der Waals surface area (Å²) in [6.45, 7) is 1.68. The number of benzene rings is 1. The second-order valence-electron chi connectivity index (χ2n) is 14.8. The molecule has 5 N–H and O–H groups in total. The van der Waals surface area contributed by atoms with Gasteiger partial charge in [-0.25, -0.2) is 19.9 Å². The van der Waals surface area contributed by atoms with Crippen molar-refractivity contribution in [3.05, 3.63) is 84.9 Å². The van der Waals surface area contributed by atoms with Crippen LogP contribution < -0.4 is 16.1 Å². The van der Waals surface area contributed by atoms with Gasteiger partial charge in [0.2, 0.25) is 6.20 Å². The van der Waals surface area contributed by atoms with Crippen molar-refractivity contribution in [3.63, 3.8) is 0 Å². The number of thioether (sulfide) groups is 1. The fraction of sp³-hybridized carbons (Fsp3) is 0.256. The third-order valence-electron chi connectivity index (χ3n) is 10.5. The number of nitrogens with zero attached hydrogens (tertiary/aromatic N) is 7. The summed E-state index contributed by atoms with van der Waals surface area (Å²) < 4.78 is 30.6. The van der Waals surface area contributed by atoms with E-state index in [0.29, 0.717) is 53.6 Å². The van der Waals surface area contributed by atoms with Gasteiger partial charge in [0.15, 0.2) is 18.3 Å². The Bertz CT molecular complexity index is 3080. The van der Waals surface area contributed by atoms with E-state index in [1.165, 1.54) is 16.9 Å². The number of H-pyrrole nitrogens is 1. The van der Waals surface area contributed by atoms with Crippen LogP contribution in [0, 0.1) is 0 Å². The molecule has 8 aromatic heterocycles. The molecule has 1 atom stereocenters. The molecule has 1 unspecified atom stereocenters. The molecule has 17 heteroatoms. The molecule has 0 amide bonds. The maximum absolute atomic E-state index is 13.5. The lowest BCUT2D eigenvalue weighted by atomic mass is 10.0. The lowest BCUT2D eigenvalue weighted by Gasteiger charge is -2.09. The minimum atomic E-state index is -1.33. The minimum Gasteiger partial charge on any atom is -0.397 e. The van der Waals surface area contributed by atoms with Crippen LogP contribution in [0.4, 0.5) is 11.4 Å². The summed E-state index contributed by atoms with van der Waals surface area (Å²) in [6.07, 6.45) is 9.86. The van der Waals surface area contributed by atoms with E-state index < -0.39 is 10.8 Å². The summed E-state index contributed by atoms with van der Waals surface area (Å²) >= 11 is 4.69. The highest BCUT2D eigenvalue weighted by molar-refractivity contribution is 8.01. The molecule has 0 saturated heterocycles. The Morgan fingerprint density at radius 1 is 0.883 bits per heavy atom. The lowest BCUT2D eigenvalue weighted by molar-refractivity contribution is -0.724. The number of rotatable bonds is 15. The van der Waals surface area contributed by atoms with Gasteiger partial charge in [-0.1, -0.05) is 30.3 Å². The Hall–Kier alpha value is -5.30. The van der Waals surface area contributed by atoms with Crippen molar-refractivity contribution in [1.29, 1.82) is 0 Å². The molecule has 0 spiro atoms. The number of anilines is 2. The summed E-state index contributed by atoms with van der Waals surface area (Å²) in [5.74, 6) is 1.49. The second kappa shape index (κ2) is 16.3. The summed E-state index contributed by atoms with van der Waals surface area (Å²) in [7, 11) is 2.51. The quantitative estimate of drug-likeness (QED) is 0.0519. The van der Waals surface area contributed by atoms with E-state index in [1.54, 1.807) is 27.8 Å². The summed E-state index contributed by atoms with van der Waals surface area (Å²) in [5.41, 5.74) is 23.2. The van der Waals surface area contributed by atoms with E-state index in [1.807, 2.05) is 61.8 Å². The highest BCUT2D eigenvalue weighted by Gasteiger charge is 2.30. The molecule has 10 rings (SSSR count). The van der Waals surface area contributed by atoms with Crippen molar-refractivity contribution in [3.8, 4) is 33.6 Å². The smallest absolute Gasteiger partial charge is 0.204 e. The molecule has 0 aliphatic heterocycles. The molecule has 304 valence electrons. The Morgan fingerprint density at radius 3 is 2.42 bits per heavy atom. The average Bonchev–Trinajstić information content (AvgIpc) is 3.65. The van der Waals surface area contributed by atoms with Gasteiger partial charge in [-0.15, -0.1) is 44.2 Å². The summed E-state index contributed by atoms with van der Waals surface area (Å²) in [6, 6.07) is 18.7. The van der Waals surface area contributed by atoms with E-state index >= 15 is 0 Å². The van der Waals surface area contributed by atoms with Crippen molar-refractivity contribution in [2.75, 3.05) is 49.4 Å². The maximum Gasteiger partial charge on any atom is 0.204 e. The van der Waals surface area contributed by atoms with Gasteiger partial charge in [-0.3, -0.25) is 8.89 Å². The molecule has 8 heterocycles. The topological polar surface area (TPSA) is 177 Å². The largest absolute Gasteiger partial charge is 0.397 e. The van der Waals surface area contributed by atoms with Gasteiger partial charge in [0.25, 0.3) is 0 Å². The number of hydrogen-bond donors (Lipinski definition) is 3. The van der Waals surface area contributed by atoms with Crippen LogP contribution >= 0.6 is 34.4 Å². The first-order valence-corrected chi connectivity index (χ1v) is 23.5. The van der Waals surface area contributed by atoms with Crippen molar-refractivity contribution >= 4 is 99.1 Å². The van der Waals surface area contributed by atoms with Gasteiger partial charge in [-0.2, -0.15) is 5.10 Å². The first-order valence-electron chi connectivity index (χ1n) is 19.6. The van der Waals surface area contributed by atoms with Gasteiger partial charge in [-0.05, 0) is 59.7 Å². The number of aromatic amines is 1. The summed E-state index contributed by atoms with van der Waals surface area (Å²) in [5, 5.41) is 11.5. The van der Waals surface area contributed by atoms with Gasteiger partial charge < -0.3 is 20.9 Å². The molecule has 1 aliphatic carbocycles. The molecule has 1 aromatic carbocycles. The Morgan fingerprint density at radius 2 is 1.62 bits per heavy atom. The maximum atomic E-state index is 13.5. The molecule has 60 heavy (non-hydrogen) atoms. The molecular formula is C43H41N10O3S4+. The number of aromatic nitrogens is 8. The van der Waals surface area contributed by atoms with E-state index in [4.69, 9.17) is 30.9 Å². The minimum absolute atomic E-state index is 0.328. The van der Waals surface area contributed by atoms with Crippen LogP contribution in [-0.4, -0.2) is 77.0 Å². The first-order chi connectivity index (χ1) is 29.3. The average molecular weight is 874 g/mol. The van der Waals surface area contributed by atoms with Crippen LogP contribution in [0.1, 0.15) is 24.3 Å². The highest BCUT2D eigenvalue weighted by Crippen LogP contribution is 2.49. The van der Waals surface area contributed by atoms with Crippen molar-refractivity contribution in [2.24, 2.45) is 14.1 Å². The molecule has 1 saturated carbocycles. The zero-order valence-corrected chi connectivity index (χ0v) is 36.1. The predicted octanol–water partition coefficient (Wildman–Crippen LogP) is 7.86. The predicted molar refractivity (Wildman–Crippen MR) is 243 cm³/mol. The van der Waals surface area contributed by atoms with E-state index in [-0.39, 0.29) is 0 Å². The van der Waals surface area contributed by atoms with Crippen LogP contribution in [0.25, 0.3) is 76.1 Å². The molecule has 1 aliphatic rings. The van der Waals surface area contributed by atoms with Crippen LogP contribution in [0.2, 0.25) is 0 Å². The van der Waals surface area contributed by atoms with Crippen molar-refractivity contribution < 1.29 is 18.4 Å². The zero-order valence-electron chi connectivity index (χ0n) is 32.9. The fourth-order valence-electron chi connectivity index (χ4n) is 7.50. The number of fused-ring (bicyclic) bond motifs is 4. The summed E-state index contributed by atoms with van der Waals surface area (Å²) in [4.78, 5) is 20.9. The molecular weight excluding hydrogens is 833 g/mol. The SMILES string of the molecule is Cn1cc2cc(-c3cc(C4CC4)c4c(N)c(S(=O)CCOCCOCCSc5sc6nc(-c7cnc8[nH][n+](C)cc8c7)cc(-c7ccccc7)c6c5N)sc4n3)cnc2n1.